The Balaban J connectivity index is 1.79. The smallest absolute Gasteiger partial charge is 0.408 e. The number of methoxy groups -OCH3 is 2. The van der Waals surface area contributed by atoms with Crippen molar-refractivity contribution in [1.29, 1.82) is 0 Å². The number of nitrogens with zero attached hydrogens (tertiary/aromatic N) is 2. The Bertz CT molecular complexity index is 2210. The maximum Gasteiger partial charge on any atom is 0.408 e. The molecule has 60 heavy (non-hydrogen) atoms. The van der Waals surface area contributed by atoms with E-state index >= 15 is 0 Å². The van der Waals surface area contributed by atoms with Crippen molar-refractivity contribution in [3.05, 3.63) is 64.2 Å². The summed E-state index contributed by atoms with van der Waals surface area (Å²) >= 11 is 6.47. The predicted molar refractivity (Wildman–Crippen MR) is 221 cm³/mol. The van der Waals surface area contributed by atoms with Gasteiger partial charge in [-0.3, -0.25) is 24.2 Å². The maximum atomic E-state index is 13.5. The number of amides is 4. The van der Waals surface area contributed by atoms with Crippen molar-refractivity contribution >= 4 is 76.3 Å². The molecule has 0 heterocycles. The van der Waals surface area contributed by atoms with Crippen molar-refractivity contribution in [2.75, 3.05) is 36.9 Å². The highest BCUT2D eigenvalue weighted by atomic mass is 35.5. The third-order valence-electron chi connectivity index (χ3n) is 7.83. The summed E-state index contributed by atoms with van der Waals surface area (Å²) in [5.74, 6) is -0.930. The summed E-state index contributed by atoms with van der Waals surface area (Å²) in [6, 6.07) is 7.23. The summed E-state index contributed by atoms with van der Waals surface area (Å²) in [7, 11) is 2.33. The number of aliphatic imine (C=N–C) groups is 1. The van der Waals surface area contributed by atoms with Crippen LogP contribution in [0.3, 0.4) is 0 Å². The van der Waals surface area contributed by atoms with Gasteiger partial charge in [-0.1, -0.05) is 11.6 Å². The second-order valence-electron chi connectivity index (χ2n) is 14.6. The summed E-state index contributed by atoms with van der Waals surface area (Å²) in [5, 5.41) is 44.0. The maximum absolute atomic E-state index is 13.5. The molecule has 0 aliphatic heterocycles. The molecule has 322 valence electrons. The summed E-state index contributed by atoms with van der Waals surface area (Å²) in [6.07, 6.45) is -0.0232. The number of aromatic hydroxyl groups is 2. The van der Waals surface area contributed by atoms with Crippen LogP contribution in [-0.4, -0.2) is 95.6 Å². The van der Waals surface area contributed by atoms with Crippen LogP contribution in [0.25, 0.3) is 0 Å². The van der Waals surface area contributed by atoms with Crippen molar-refractivity contribution in [3.63, 3.8) is 0 Å². The summed E-state index contributed by atoms with van der Waals surface area (Å²) in [5.41, 5.74) is -2.58. The van der Waals surface area contributed by atoms with E-state index in [-0.39, 0.29) is 63.6 Å². The van der Waals surface area contributed by atoms with Crippen molar-refractivity contribution in [2.24, 2.45) is 21.4 Å². The van der Waals surface area contributed by atoms with Gasteiger partial charge in [0.2, 0.25) is 5.91 Å². The van der Waals surface area contributed by atoms with Crippen LogP contribution in [0.2, 0.25) is 5.02 Å². The fourth-order valence-electron chi connectivity index (χ4n) is 4.96. The molecular formula is C39H46ClN7O13. The average molecular weight is 856 g/mol. The van der Waals surface area contributed by atoms with Crippen LogP contribution in [0.15, 0.2) is 52.6 Å². The molecule has 0 bridgehead atoms. The van der Waals surface area contributed by atoms with Crippen molar-refractivity contribution in [3.8, 4) is 23.0 Å². The lowest BCUT2D eigenvalue weighted by Gasteiger charge is -2.23. The van der Waals surface area contributed by atoms with E-state index in [2.05, 4.69) is 31.4 Å². The molecule has 0 saturated carbocycles. The van der Waals surface area contributed by atoms with Gasteiger partial charge < -0.3 is 61.4 Å². The number of halogens is 1. The van der Waals surface area contributed by atoms with E-state index in [1.54, 1.807) is 41.5 Å². The molecule has 0 saturated heterocycles. The highest BCUT2D eigenvalue weighted by molar-refractivity contribution is 6.35. The Labute approximate surface area is 349 Å². The minimum Gasteiger partial charge on any atom is -0.504 e. The number of alkyl carbamates (subject to hydrolysis) is 1. The number of carboxylic acids is 1. The van der Waals surface area contributed by atoms with Crippen LogP contribution in [0, 0.1) is 5.41 Å². The van der Waals surface area contributed by atoms with Gasteiger partial charge in [0.15, 0.2) is 29.7 Å². The Morgan fingerprint density at radius 3 is 1.85 bits per heavy atom. The van der Waals surface area contributed by atoms with E-state index in [0.29, 0.717) is 0 Å². The molecule has 3 rings (SSSR count). The van der Waals surface area contributed by atoms with Gasteiger partial charge in [-0.2, -0.15) is 5.10 Å². The molecule has 0 unspecified atom stereocenters. The van der Waals surface area contributed by atoms with Gasteiger partial charge in [0, 0.05) is 18.3 Å². The number of carbonyl (C=O) groups is 6. The van der Waals surface area contributed by atoms with Gasteiger partial charge in [0.25, 0.3) is 11.8 Å². The number of nitrogens with two attached hydrogens (primary N) is 1. The number of hydrogen-bond donors (Lipinski definition) is 8. The molecule has 0 spiro atoms. The lowest BCUT2D eigenvalue weighted by atomic mass is 9.98. The fraction of sp³-hybridized carbons (Fsp3) is 0.333. The minimum absolute atomic E-state index is 0.0472. The minimum atomic E-state index is -1.43. The molecule has 0 aliphatic carbocycles. The van der Waals surface area contributed by atoms with Gasteiger partial charge in [-0.15, -0.1) is 0 Å². The molecule has 0 aliphatic rings. The standard InChI is InChI=1S/C39H46ClN7O13/c1-38(2,3)36(55)59-18-42-17-20(47-41)16-27(46-37(56)60-39(4,5)6)34(52)43-19-9-10-21(24(40)15-19)32(50)44-25-13-11-22(28(48)30(25)57-7)33(51)45-26-14-12-23(35(53)54)29(49)31(26)58-8/h9-15,17,27,48-49H,16,18,41H2,1-8H3,(H,43,52)(H,44,50)(H,45,51)(H,46,56)(H,53,54)/b42-17+,47-20-/t27-/m0/s1. The monoisotopic (exact) mass is 855 g/mol. The Hall–Kier alpha value is -7.09. The number of hydrogen-bond acceptors (Lipinski definition) is 15. The molecule has 4 amide bonds. The lowest BCUT2D eigenvalue weighted by molar-refractivity contribution is -0.152. The number of phenols is 2. The molecular weight excluding hydrogens is 810 g/mol. The zero-order chi connectivity index (χ0) is 45.1. The lowest BCUT2D eigenvalue weighted by Crippen LogP contribution is -2.47. The van der Waals surface area contributed by atoms with E-state index in [4.69, 9.17) is 36.4 Å². The number of carboxylic acid groups (broad SMARTS) is 1. The number of carbonyl (C=O) groups excluding carboxylic acids is 5. The quantitative estimate of drug-likeness (QED) is 0.0426. The van der Waals surface area contributed by atoms with Crippen molar-refractivity contribution < 1.29 is 63.0 Å². The molecule has 1 atom stereocenters. The van der Waals surface area contributed by atoms with Crippen LogP contribution >= 0.6 is 11.6 Å². The number of ether oxygens (including phenoxy) is 4. The number of rotatable bonds is 15. The van der Waals surface area contributed by atoms with Crippen LogP contribution < -0.4 is 36.6 Å². The Morgan fingerprint density at radius 2 is 1.35 bits per heavy atom. The molecule has 0 fully saturated rings. The Kier molecular flexibility index (Phi) is 15.8. The molecule has 3 aromatic rings. The predicted octanol–water partition coefficient (Wildman–Crippen LogP) is 5.13. The van der Waals surface area contributed by atoms with Crippen LogP contribution in [-0.2, 0) is 19.1 Å². The average Bonchev–Trinajstić information content (AvgIpc) is 3.14. The Morgan fingerprint density at radius 1 is 0.817 bits per heavy atom. The first-order chi connectivity index (χ1) is 28.0. The van der Waals surface area contributed by atoms with Gasteiger partial charge in [0.05, 0.1) is 52.9 Å². The van der Waals surface area contributed by atoms with Crippen LogP contribution in [0.1, 0.15) is 79.0 Å². The second-order valence-corrected chi connectivity index (χ2v) is 15.0. The van der Waals surface area contributed by atoms with E-state index < -0.39 is 69.9 Å². The summed E-state index contributed by atoms with van der Waals surface area (Å²) in [6.45, 7) is 9.56. The molecule has 20 nitrogen and oxygen atoms in total. The first-order valence-corrected chi connectivity index (χ1v) is 18.1. The van der Waals surface area contributed by atoms with E-state index in [9.17, 15) is 44.1 Å². The number of anilines is 3. The summed E-state index contributed by atoms with van der Waals surface area (Å²) < 4.78 is 20.7. The molecule has 0 radical (unpaired) electrons. The molecule has 9 N–H and O–H groups in total. The van der Waals surface area contributed by atoms with Crippen molar-refractivity contribution in [2.45, 2.75) is 59.6 Å². The summed E-state index contributed by atoms with van der Waals surface area (Å²) in [4.78, 5) is 80.1. The first-order valence-electron chi connectivity index (χ1n) is 17.7. The molecule has 3 aromatic carbocycles. The number of hydrazone groups is 1. The zero-order valence-corrected chi connectivity index (χ0v) is 34.6. The second kappa shape index (κ2) is 20.1. The number of aromatic carboxylic acids is 1. The third-order valence-corrected chi connectivity index (χ3v) is 8.15. The van der Waals surface area contributed by atoms with E-state index in [1.165, 1.54) is 43.7 Å². The van der Waals surface area contributed by atoms with Gasteiger partial charge in [-0.05, 0) is 84.0 Å². The fourth-order valence-corrected chi connectivity index (χ4v) is 5.22. The normalized spacial score (nSPS) is 12.2. The van der Waals surface area contributed by atoms with Crippen molar-refractivity contribution in [1.82, 2.24) is 5.32 Å². The van der Waals surface area contributed by atoms with Crippen LogP contribution in [0.4, 0.5) is 21.9 Å². The molecule has 0 aromatic heterocycles. The van der Waals surface area contributed by atoms with Gasteiger partial charge >= 0.3 is 18.0 Å². The third kappa shape index (κ3) is 12.7. The number of esters is 1. The van der Waals surface area contributed by atoms with E-state index in [0.717, 1.165) is 19.2 Å². The van der Waals surface area contributed by atoms with Gasteiger partial charge in [0.1, 0.15) is 17.2 Å². The number of phenolic OH excluding ortho intramolecular Hbond substituents is 1. The highest BCUT2D eigenvalue weighted by Crippen LogP contribution is 2.41. The SMILES string of the molecule is COc1c(NC(=O)c2ccc(NC(=O)c3ccc(NC(=O)[C@H](CC(/C=N/COC(=O)C(C)(C)C)=N/N)NC(=O)OC(C)(C)C)cc3Cl)c(OC)c2O)ccc(C(=O)O)c1O. The first kappa shape index (κ1) is 47.3. The van der Waals surface area contributed by atoms with Gasteiger partial charge in [-0.25, -0.2) is 9.59 Å². The number of benzene rings is 3. The number of nitrogens with one attached hydrogen (secondary N) is 4. The highest BCUT2D eigenvalue weighted by Gasteiger charge is 2.28. The zero-order valence-electron chi connectivity index (χ0n) is 33.9. The molecule has 21 heteroatoms. The topological polar surface area (TPSA) is 299 Å². The van der Waals surface area contributed by atoms with Crippen LogP contribution in [0.5, 0.6) is 23.0 Å². The van der Waals surface area contributed by atoms with E-state index in [1.807, 2.05) is 0 Å². The largest absolute Gasteiger partial charge is 0.504 e.